The summed E-state index contributed by atoms with van der Waals surface area (Å²) in [6.07, 6.45) is 0. The summed E-state index contributed by atoms with van der Waals surface area (Å²) in [5.41, 5.74) is 7.72. The van der Waals surface area contributed by atoms with Crippen molar-refractivity contribution in [2.24, 2.45) is 5.92 Å². The van der Waals surface area contributed by atoms with Crippen molar-refractivity contribution in [2.75, 3.05) is 26.4 Å². The van der Waals surface area contributed by atoms with Crippen LogP contribution in [-0.2, 0) is 4.79 Å². The van der Waals surface area contributed by atoms with Crippen molar-refractivity contribution in [3.63, 3.8) is 0 Å². The van der Waals surface area contributed by atoms with E-state index in [1.54, 1.807) is 33.2 Å². The number of rotatable bonds is 4. The summed E-state index contributed by atoms with van der Waals surface area (Å²) in [7, 11) is 3.26. The molecule has 0 aliphatic carbocycles. The second-order valence-corrected chi connectivity index (χ2v) is 5.78. The van der Waals surface area contributed by atoms with Crippen molar-refractivity contribution in [3.05, 3.63) is 27.7 Å². The molecule has 0 saturated carbocycles. The van der Waals surface area contributed by atoms with Crippen molar-refractivity contribution in [1.82, 2.24) is 10.2 Å². The normalized spacial score (nSPS) is 11.8. The summed E-state index contributed by atoms with van der Waals surface area (Å²) in [6, 6.07) is 3.51. The molecule has 0 aliphatic rings. The number of benzene rings is 1. The lowest BCUT2D eigenvalue weighted by molar-refractivity contribution is -0.124. The monoisotopic (exact) mass is 341 g/mol. The van der Waals surface area contributed by atoms with Crippen LogP contribution in [0.15, 0.2) is 16.6 Å². The Hall–Kier alpha value is -1.56. The van der Waals surface area contributed by atoms with E-state index in [2.05, 4.69) is 21.2 Å². The minimum atomic E-state index is -0.265. The Bertz CT molecular complexity index is 531. The van der Waals surface area contributed by atoms with Gasteiger partial charge in [-0.1, -0.05) is 22.9 Å². The standard InChI is InChI=1S/C14H20BrN3O2/c1-8(13(19)17-3)7-18(4)14(20)11-5-10(15)6-12(16)9(11)2/h5-6,8H,7,16H2,1-4H3,(H,17,19). The topological polar surface area (TPSA) is 75.4 Å². The molecule has 20 heavy (non-hydrogen) atoms. The highest BCUT2D eigenvalue weighted by molar-refractivity contribution is 9.10. The van der Waals surface area contributed by atoms with Gasteiger partial charge < -0.3 is 16.0 Å². The maximum atomic E-state index is 12.4. The van der Waals surface area contributed by atoms with Crippen molar-refractivity contribution in [1.29, 1.82) is 0 Å². The third-order valence-electron chi connectivity index (χ3n) is 3.23. The van der Waals surface area contributed by atoms with Crippen LogP contribution < -0.4 is 11.1 Å². The number of nitrogens with zero attached hydrogens (tertiary/aromatic N) is 1. The lowest BCUT2D eigenvalue weighted by atomic mass is 10.0. The maximum absolute atomic E-state index is 12.4. The average molecular weight is 342 g/mol. The molecule has 1 atom stereocenters. The SMILES string of the molecule is CNC(=O)C(C)CN(C)C(=O)c1cc(Br)cc(N)c1C. The number of carbonyl (C=O) groups excluding carboxylic acids is 2. The smallest absolute Gasteiger partial charge is 0.254 e. The van der Waals surface area contributed by atoms with E-state index < -0.39 is 0 Å². The molecule has 2 amide bonds. The van der Waals surface area contributed by atoms with E-state index in [-0.39, 0.29) is 17.7 Å². The van der Waals surface area contributed by atoms with E-state index >= 15 is 0 Å². The first-order valence-electron chi connectivity index (χ1n) is 6.30. The van der Waals surface area contributed by atoms with Crippen molar-refractivity contribution in [2.45, 2.75) is 13.8 Å². The molecular formula is C14H20BrN3O2. The van der Waals surface area contributed by atoms with Crippen LogP contribution in [0.25, 0.3) is 0 Å². The van der Waals surface area contributed by atoms with Gasteiger partial charge in [0.1, 0.15) is 0 Å². The van der Waals surface area contributed by atoms with Crippen LogP contribution in [0.5, 0.6) is 0 Å². The van der Waals surface area contributed by atoms with E-state index in [4.69, 9.17) is 5.73 Å². The number of amides is 2. The largest absolute Gasteiger partial charge is 0.398 e. The fourth-order valence-corrected chi connectivity index (χ4v) is 2.43. The Morgan fingerprint density at radius 2 is 2.05 bits per heavy atom. The second kappa shape index (κ2) is 6.74. The van der Waals surface area contributed by atoms with Gasteiger partial charge in [-0.2, -0.15) is 0 Å². The molecule has 1 rings (SSSR count). The van der Waals surface area contributed by atoms with E-state index in [1.165, 1.54) is 4.90 Å². The lowest BCUT2D eigenvalue weighted by Crippen LogP contribution is -2.37. The highest BCUT2D eigenvalue weighted by atomic mass is 79.9. The first-order valence-corrected chi connectivity index (χ1v) is 7.09. The van der Waals surface area contributed by atoms with Gasteiger partial charge in [-0.05, 0) is 24.6 Å². The molecule has 0 spiro atoms. The molecule has 0 heterocycles. The minimum Gasteiger partial charge on any atom is -0.398 e. The molecule has 5 nitrogen and oxygen atoms in total. The number of nitrogens with one attached hydrogen (secondary N) is 1. The predicted octanol–water partition coefficient (Wildman–Crippen LogP) is 1.79. The van der Waals surface area contributed by atoms with Gasteiger partial charge in [-0.25, -0.2) is 0 Å². The summed E-state index contributed by atoms with van der Waals surface area (Å²) in [4.78, 5) is 25.5. The first kappa shape index (κ1) is 16.5. The van der Waals surface area contributed by atoms with Gasteiger partial charge in [-0.15, -0.1) is 0 Å². The number of anilines is 1. The second-order valence-electron chi connectivity index (χ2n) is 4.87. The van der Waals surface area contributed by atoms with Crippen LogP contribution in [0.2, 0.25) is 0 Å². The summed E-state index contributed by atoms with van der Waals surface area (Å²) >= 11 is 3.33. The molecule has 0 bridgehead atoms. The molecule has 1 unspecified atom stereocenters. The highest BCUT2D eigenvalue weighted by Crippen LogP contribution is 2.23. The van der Waals surface area contributed by atoms with Crippen molar-refractivity contribution < 1.29 is 9.59 Å². The van der Waals surface area contributed by atoms with Gasteiger partial charge in [0.15, 0.2) is 0 Å². The molecular weight excluding hydrogens is 322 g/mol. The number of nitrogen functional groups attached to an aromatic ring is 1. The molecule has 0 aliphatic heterocycles. The van der Waals surface area contributed by atoms with E-state index in [0.29, 0.717) is 17.8 Å². The number of halogens is 1. The third kappa shape index (κ3) is 3.72. The number of hydrogen-bond acceptors (Lipinski definition) is 3. The van der Waals surface area contributed by atoms with Gasteiger partial charge in [-0.3, -0.25) is 9.59 Å². The Morgan fingerprint density at radius 3 is 2.60 bits per heavy atom. The summed E-state index contributed by atoms with van der Waals surface area (Å²) < 4.78 is 0.761. The summed E-state index contributed by atoms with van der Waals surface area (Å²) in [5.74, 6) is -0.500. The molecule has 0 fully saturated rings. The third-order valence-corrected chi connectivity index (χ3v) is 3.69. The first-order chi connectivity index (χ1) is 9.27. The van der Waals surface area contributed by atoms with Crippen molar-refractivity contribution >= 4 is 33.4 Å². The van der Waals surface area contributed by atoms with Crippen molar-refractivity contribution in [3.8, 4) is 0 Å². The average Bonchev–Trinajstić information content (AvgIpc) is 2.40. The Balaban J connectivity index is 2.93. The van der Waals surface area contributed by atoms with Crippen LogP contribution >= 0.6 is 15.9 Å². The molecule has 0 aromatic heterocycles. The highest BCUT2D eigenvalue weighted by Gasteiger charge is 2.20. The Morgan fingerprint density at radius 1 is 1.45 bits per heavy atom. The number of nitrogens with two attached hydrogens (primary N) is 1. The van der Waals surface area contributed by atoms with Gasteiger partial charge in [0.05, 0.1) is 5.92 Å². The Kier molecular flexibility index (Phi) is 5.56. The number of hydrogen-bond donors (Lipinski definition) is 2. The van der Waals surface area contributed by atoms with E-state index in [0.717, 1.165) is 10.0 Å². The summed E-state index contributed by atoms with van der Waals surface area (Å²) in [5, 5.41) is 2.57. The van der Waals surface area contributed by atoms with Gasteiger partial charge in [0.25, 0.3) is 5.91 Å². The molecule has 0 radical (unpaired) electrons. The van der Waals surface area contributed by atoms with Crippen LogP contribution in [0.4, 0.5) is 5.69 Å². The van der Waals surface area contributed by atoms with Gasteiger partial charge in [0, 0.05) is 36.4 Å². The molecule has 6 heteroatoms. The molecule has 110 valence electrons. The molecule has 0 saturated heterocycles. The zero-order valence-electron chi connectivity index (χ0n) is 12.2. The zero-order chi connectivity index (χ0) is 15.4. The minimum absolute atomic E-state index is 0.0878. The Labute approximate surface area is 127 Å². The molecule has 1 aromatic rings. The summed E-state index contributed by atoms with van der Waals surface area (Å²) in [6.45, 7) is 3.94. The molecule has 1 aromatic carbocycles. The quantitative estimate of drug-likeness (QED) is 0.820. The van der Waals surface area contributed by atoms with Crippen LogP contribution in [0.3, 0.4) is 0 Å². The zero-order valence-corrected chi connectivity index (χ0v) is 13.7. The lowest BCUT2D eigenvalue weighted by Gasteiger charge is -2.22. The van der Waals surface area contributed by atoms with Gasteiger partial charge >= 0.3 is 0 Å². The van der Waals surface area contributed by atoms with E-state index in [1.807, 2.05) is 6.92 Å². The van der Waals surface area contributed by atoms with Crippen LogP contribution in [0.1, 0.15) is 22.8 Å². The fourth-order valence-electron chi connectivity index (χ4n) is 1.95. The van der Waals surface area contributed by atoms with Gasteiger partial charge in [0.2, 0.25) is 5.91 Å². The number of carbonyl (C=O) groups is 2. The van der Waals surface area contributed by atoms with Crippen LogP contribution in [0, 0.1) is 12.8 Å². The fraction of sp³-hybridized carbons (Fsp3) is 0.429. The van der Waals surface area contributed by atoms with Crippen LogP contribution in [-0.4, -0.2) is 37.4 Å². The predicted molar refractivity (Wildman–Crippen MR) is 83.5 cm³/mol. The maximum Gasteiger partial charge on any atom is 0.254 e. The molecule has 3 N–H and O–H groups in total. The van der Waals surface area contributed by atoms with E-state index in [9.17, 15) is 9.59 Å².